The summed E-state index contributed by atoms with van der Waals surface area (Å²) in [7, 11) is 0. The van der Waals surface area contributed by atoms with Crippen molar-refractivity contribution >= 4 is 23.2 Å². The number of hydrogen-bond acceptors (Lipinski definition) is 2. The molecule has 15 heavy (non-hydrogen) atoms. The number of hydrogen-bond donors (Lipinski definition) is 2. The molecular formula is C11H15ClN2O. The van der Waals surface area contributed by atoms with E-state index in [-0.39, 0.29) is 5.91 Å². The molecule has 0 saturated carbocycles. The summed E-state index contributed by atoms with van der Waals surface area (Å²) in [5.74, 6) is -0.0151. The number of halogens is 1. The first-order chi connectivity index (χ1) is 7.09. The van der Waals surface area contributed by atoms with Crippen molar-refractivity contribution in [2.24, 2.45) is 0 Å². The molecular weight excluding hydrogens is 212 g/mol. The van der Waals surface area contributed by atoms with Crippen LogP contribution < -0.4 is 10.6 Å². The standard InChI is InChI=1S/C11H15ClN2O/c1-8-3-4-10(7-11(8)12)14-6-5-13-9(2)15/h3-4,7,14H,5-6H2,1-2H3,(H,13,15). The van der Waals surface area contributed by atoms with Gasteiger partial charge < -0.3 is 10.6 Å². The lowest BCUT2D eigenvalue weighted by molar-refractivity contribution is -0.118. The fraction of sp³-hybridized carbons (Fsp3) is 0.364. The Morgan fingerprint density at radius 3 is 2.73 bits per heavy atom. The van der Waals surface area contributed by atoms with Gasteiger partial charge in [-0.2, -0.15) is 0 Å². The van der Waals surface area contributed by atoms with Crippen LogP contribution in [0.3, 0.4) is 0 Å². The first kappa shape index (κ1) is 11.9. The Bertz CT molecular complexity index is 352. The molecule has 4 heteroatoms. The second-order valence-corrected chi connectivity index (χ2v) is 3.78. The van der Waals surface area contributed by atoms with Gasteiger partial charge in [0, 0.05) is 30.7 Å². The fourth-order valence-corrected chi connectivity index (χ4v) is 1.33. The van der Waals surface area contributed by atoms with E-state index in [1.807, 2.05) is 25.1 Å². The summed E-state index contributed by atoms with van der Waals surface area (Å²) in [6, 6.07) is 5.81. The Morgan fingerprint density at radius 2 is 2.13 bits per heavy atom. The average molecular weight is 227 g/mol. The summed E-state index contributed by atoms with van der Waals surface area (Å²) < 4.78 is 0. The van der Waals surface area contributed by atoms with Gasteiger partial charge in [-0.15, -0.1) is 0 Å². The van der Waals surface area contributed by atoms with E-state index in [4.69, 9.17) is 11.6 Å². The lowest BCUT2D eigenvalue weighted by atomic mass is 10.2. The Labute approximate surface area is 94.8 Å². The summed E-state index contributed by atoms with van der Waals surface area (Å²) >= 11 is 5.97. The molecule has 0 saturated heterocycles. The molecule has 0 aromatic heterocycles. The molecule has 0 aliphatic rings. The summed E-state index contributed by atoms with van der Waals surface area (Å²) in [5, 5.41) is 6.63. The quantitative estimate of drug-likeness (QED) is 0.773. The molecule has 0 atom stereocenters. The van der Waals surface area contributed by atoms with E-state index in [1.165, 1.54) is 6.92 Å². The lowest BCUT2D eigenvalue weighted by Gasteiger charge is -2.08. The number of nitrogens with one attached hydrogen (secondary N) is 2. The molecule has 0 aliphatic heterocycles. The van der Waals surface area contributed by atoms with Crippen molar-refractivity contribution in [2.45, 2.75) is 13.8 Å². The molecule has 82 valence electrons. The van der Waals surface area contributed by atoms with Crippen molar-refractivity contribution in [1.82, 2.24) is 5.32 Å². The fourth-order valence-electron chi connectivity index (χ4n) is 1.15. The number of carbonyl (C=O) groups excluding carboxylic acids is 1. The number of amides is 1. The minimum Gasteiger partial charge on any atom is -0.383 e. The predicted octanol–water partition coefficient (Wildman–Crippen LogP) is 2.20. The van der Waals surface area contributed by atoms with Crippen LogP contribution in [-0.4, -0.2) is 19.0 Å². The molecule has 0 radical (unpaired) electrons. The van der Waals surface area contributed by atoms with Crippen LogP contribution in [0.1, 0.15) is 12.5 Å². The van der Waals surface area contributed by atoms with E-state index >= 15 is 0 Å². The molecule has 2 N–H and O–H groups in total. The highest BCUT2D eigenvalue weighted by atomic mass is 35.5. The number of benzene rings is 1. The van der Waals surface area contributed by atoms with E-state index < -0.39 is 0 Å². The number of aryl methyl sites for hydroxylation is 1. The third kappa shape index (κ3) is 4.21. The van der Waals surface area contributed by atoms with Crippen molar-refractivity contribution in [3.05, 3.63) is 28.8 Å². The molecule has 1 aromatic carbocycles. The van der Waals surface area contributed by atoms with E-state index in [0.29, 0.717) is 13.1 Å². The Hall–Kier alpha value is -1.22. The topological polar surface area (TPSA) is 41.1 Å². The molecule has 0 unspecified atom stereocenters. The number of anilines is 1. The van der Waals surface area contributed by atoms with Gasteiger partial charge in [0.1, 0.15) is 0 Å². The summed E-state index contributed by atoms with van der Waals surface area (Å²) in [5.41, 5.74) is 2.03. The van der Waals surface area contributed by atoms with Crippen LogP contribution in [0.25, 0.3) is 0 Å². The molecule has 1 rings (SSSR count). The summed E-state index contributed by atoms with van der Waals surface area (Å²) in [6.45, 7) is 4.77. The summed E-state index contributed by atoms with van der Waals surface area (Å²) in [4.78, 5) is 10.6. The van der Waals surface area contributed by atoms with Crippen LogP contribution in [0.15, 0.2) is 18.2 Å². The van der Waals surface area contributed by atoms with Gasteiger partial charge >= 0.3 is 0 Å². The molecule has 0 heterocycles. The van der Waals surface area contributed by atoms with Crippen LogP contribution >= 0.6 is 11.6 Å². The molecule has 0 bridgehead atoms. The van der Waals surface area contributed by atoms with E-state index in [2.05, 4.69) is 10.6 Å². The highest BCUT2D eigenvalue weighted by Crippen LogP contribution is 2.19. The van der Waals surface area contributed by atoms with Gasteiger partial charge in [0.15, 0.2) is 0 Å². The van der Waals surface area contributed by atoms with Gasteiger partial charge in [-0.25, -0.2) is 0 Å². The largest absolute Gasteiger partial charge is 0.383 e. The van der Waals surface area contributed by atoms with E-state index in [0.717, 1.165) is 16.3 Å². The highest BCUT2D eigenvalue weighted by Gasteiger charge is 1.97. The Balaban J connectivity index is 2.38. The number of rotatable bonds is 4. The van der Waals surface area contributed by atoms with Crippen LogP contribution in [0.5, 0.6) is 0 Å². The van der Waals surface area contributed by atoms with Crippen molar-refractivity contribution < 1.29 is 4.79 Å². The van der Waals surface area contributed by atoms with Crippen molar-refractivity contribution in [1.29, 1.82) is 0 Å². The summed E-state index contributed by atoms with van der Waals surface area (Å²) in [6.07, 6.45) is 0. The molecule has 0 spiro atoms. The zero-order chi connectivity index (χ0) is 11.3. The Kier molecular flexibility index (Phi) is 4.43. The zero-order valence-corrected chi connectivity index (χ0v) is 9.69. The first-order valence-corrected chi connectivity index (χ1v) is 5.22. The van der Waals surface area contributed by atoms with Gasteiger partial charge in [-0.1, -0.05) is 17.7 Å². The minimum absolute atomic E-state index is 0.0151. The second-order valence-electron chi connectivity index (χ2n) is 3.37. The maximum atomic E-state index is 10.6. The average Bonchev–Trinajstić information content (AvgIpc) is 2.18. The van der Waals surface area contributed by atoms with Crippen molar-refractivity contribution in [2.75, 3.05) is 18.4 Å². The minimum atomic E-state index is -0.0151. The monoisotopic (exact) mass is 226 g/mol. The van der Waals surface area contributed by atoms with Crippen molar-refractivity contribution in [3.63, 3.8) is 0 Å². The molecule has 1 aromatic rings. The SMILES string of the molecule is CC(=O)NCCNc1ccc(C)c(Cl)c1. The molecule has 1 amide bonds. The van der Waals surface area contributed by atoms with Gasteiger partial charge in [-0.05, 0) is 24.6 Å². The van der Waals surface area contributed by atoms with Crippen LogP contribution in [0.2, 0.25) is 5.02 Å². The molecule has 3 nitrogen and oxygen atoms in total. The molecule has 0 aliphatic carbocycles. The van der Waals surface area contributed by atoms with E-state index in [9.17, 15) is 4.79 Å². The third-order valence-electron chi connectivity index (χ3n) is 2.00. The van der Waals surface area contributed by atoms with Gasteiger partial charge in [0.05, 0.1) is 0 Å². The smallest absolute Gasteiger partial charge is 0.216 e. The first-order valence-electron chi connectivity index (χ1n) is 4.84. The predicted molar refractivity (Wildman–Crippen MR) is 63.4 cm³/mol. The van der Waals surface area contributed by atoms with Gasteiger partial charge in [0.2, 0.25) is 5.91 Å². The van der Waals surface area contributed by atoms with Gasteiger partial charge in [-0.3, -0.25) is 4.79 Å². The van der Waals surface area contributed by atoms with Crippen LogP contribution in [0, 0.1) is 6.92 Å². The van der Waals surface area contributed by atoms with Crippen LogP contribution in [0.4, 0.5) is 5.69 Å². The van der Waals surface area contributed by atoms with Crippen LogP contribution in [-0.2, 0) is 4.79 Å². The third-order valence-corrected chi connectivity index (χ3v) is 2.41. The maximum absolute atomic E-state index is 10.6. The van der Waals surface area contributed by atoms with Gasteiger partial charge in [0.25, 0.3) is 0 Å². The second kappa shape index (κ2) is 5.61. The normalized spacial score (nSPS) is 9.80. The van der Waals surface area contributed by atoms with Crippen molar-refractivity contribution in [3.8, 4) is 0 Å². The molecule has 0 fully saturated rings. The highest BCUT2D eigenvalue weighted by molar-refractivity contribution is 6.31. The van der Waals surface area contributed by atoms with E-state index in [1.54, 1.807) is 0 Å². The Morgan fingerprint density at radius 1 is 1.40 bits per heavy atom. The number of carbonyl (C=O) groups is 1. The lowest BCUT2D eigenvalue weighted by Crippen LogP contribution is -2.26. The zero-order valence-electron chi connectivity index (χ0n) is 8.93. The maximum Gasteiger partial charge on any atom is 0.216 e.